The Hall–Kier alpha value is -4.05. The first-order valence-electron chi connectivity index (χ1n) is 13.7. The summed E-state index contributed by atoms with van der Waals surface area (Å²) in [6, 6.07) is 11.6. The average molecular weight is 614 g/mol. The van der Waals surface area contributed by atoms with Crippen LogP contribution >= 0.6 is 11.6 Å². The summed E-state index contributed by atoms with van der Waals surface area (Å²) in [5.74, 6) is -3.42. The van der Waals surface area contributed by atoms with Crippen LogP contribution in [0.3, 0.4) is 0 Å². The summed E-state index contributed by atoms with van der Waals surface area (Å²) in [6.45, 7) is 3.17. The van der Waals surface area contributed by atoms with Gasteiger partial charge in [-0.2, -0.15) is 0 Å². The van der Waals surface area contributed by atoms with Gasteiger partial charge in [0.1, 0.15) is 21.9 Å². The van der Waals surface area contributed by atoms with Gasteiger partial charge in [-0.15, -0.1) is 0 Å². The standard InChI is InChI=1S/C32H25ClF5N3O2/c1-15-14-39-27(19-4-3-5-23(25(19)35)40-31(43)32(10-11-32)30(37)38)26(36)28(15)41-16(2)12-22(24(33)29(41)42)21-13-20(21)17-6-8-18(34)9-7-17/h3-9,12,14,20-21,30H,10-11,13H2,1-2H3,(H,40,43)/t20-,21+/m1/s1. The van der Waals surface area contributed by atoms with Gasteiger partial charge in [-0.05, 0) is 92.0 Å². The maximum Gasteiger partial charge on any atom is 0.274 e. The molecule has 222 valence electrons. The van der Waals surface area contributed by atoms with Gasteiger partial charge in [0.2, 0.25) is 5.91 Å². The van der Waals surface area contributed by atoms with Gasteiger partial charge < -0.3 is 5.32 Å². The third kappa shape index (κ3) is 4.91. The number of benzene rings is 2. The Morgan fingerprint density at radius 3 is 2.40 bits per heavy atom. The van der Waals surface area contributed by atoms with Crippen LogP contribution in [0.5, 0.6) is 0 Å². The minimum atomic E-state index is -2.90. The summed E-state index contributed by atoms with van der Waals surface area (Å²) in [7, 11) is 0. The van der Waals surface area contributed by atoms with E-state index >= 15 is 8.78 Å². The van der Waals surface area contributed by atoms with Gasteiger partial charge in [0.05, 0.1) is 11.4 Å². The number of carbonyl (C=O) groups is 1. The van der Waals surface area contributed by atoms with Crippen molar-refractivity contribution in [3.63, 3.8) is 0 Å². The number of anilines is 1. The van der Waals surface area contributed by atoms with Crippen molar-refractivity contribution in [1.29, 1.82) is 0 Å². The zero-order chi connectivity index (χ0) is 30.8. The molecular formula is C32H25ClF5N3O2. The van der Waals surface area contributed by atoms with Crippen molar-refractivity contribution in [2.45, 2.75) is 51.4 Å². The Morgan fingerprint density at radius 2 is 1.74 bits per heavy atom. The third-order valence-corrected chi connectivity index (χ3v) is 8.79. The molecule has 2 saturated carbocycles. The van der Waals surface area contributed by atoms with Gasteiger partial charge in [-0.25, -0.2) is 22.0 Å². The summed E-state index contributed by atoms with van der Waals surface area (Å²) >= 11 is 6.57. The van der Waals surface area contributed by atoms with Crippen LogP contribution in [0, 0.1) is 36.7 Å². The number of pyridine rings is 2. The number of nitrogens with zero attached hydrogens (tertiary/aromatic N) is 2. The van der Waals surface area contributed by atoms with Gasteiger partial charge in [0, 0.05) is 17.5 Å². The summed E-state index contributed by atoms with van der Waals surface area (Å²) in [5, 5.41) is 2.13. The Balaban J connectivity index is 1.37. The van der Waals surface area contributed by atoms with Crippen molar-refractivity contribution < 1.29 is 26.7 Å². The van der Waals surface area contributed by atoms with E-state index in [0.29, 0.717) is 17.7 Å². The molecule has 4 aromatic rings. The predicted octanol–water partition coefficient (Wildman–Crippen LogP) is 7.84. The molecule has 5 nitrogen and oxygen atoms in total. The zero-order valence-electron chi connectivity index (χ0n) is 23.0. The average Bonchev–Trinajstić information content (AvgIpc) is 3.89. The lowest BCUT2D eigenvalue weighted by Crippen LogP contribution is -2.30. The summed E-state index contributed by atoms with van der Waals surface area (Å²) in [5.41, 5.74) is -1.65. The quantitative estimate of drug-likeness (QED) is 0.216. The second-order valence-electron chi connectivity index (χ2n) is 11.2. The second-order valence-corrected chi connectivity index (χ2v) is 11.6. The number of rotatable bonds is 7. The molecule has 0 bridgehead atoms. The summed E-state index contributed by atoms with van der Waals surface area (Å²) < 4.78 is 73.1. The van der Waals surface area contributed by atoms with E-state index in [1.807, 2.05) is 0 Å². The number of carbonyl (C=O) groups excluding carboxylic acids is 1. The molecule has 0 aliphatic heterocycles. The Labute approximate surface area is 248 Å². The van der Waals surface area contributed by atoms with Crippen LogP contribution < -0.4 is 10.9 Å². The first-order valence-corrected chi connectivity index (χ1v) is 14.0. The fourth-order valence-electron chi connectivity index (χ4n) is 5.66. The number of alkyl halides is 2. The fraction of sp³-hybridized carbons (Fsp3) is 0.281. The normalized spacial score (nSPS) is 18.5. The molecule has 6 rings (SSSR count). The summed E-state index contributed by atoms with van der Waals surface area (Å²) in [4.78, 5) is 30.1. The lowest BCUT2D eigenvalue weighted by atomic mass is 10.0. The van der Waals surface area contributed by atoms with E-state index in [-0.39, 0.29) is 52.3 Å². The van der Waals surface area contributed by atoms with Crippen LogP contribution in [0.4, 0.5) is 27.6 Å². The van der Waals surface area contributed by atoms with Gasteiger partial charge in [-0.3, -0.25) is 19.1 Å². The van der Waals surface area contributed by atoms with Crippen molar-refractivity contribution >= 4 is 23.2 Å². The molecule has 2 aliphatic rings. The van der Waals surface area contributed by atoms with Crippen LogP contribution in [0.25, 0.3) is 16.9 Å². The van der Waals surface area contributed by atoms with Crippen LogP contribution in [-0.4, -0.2) is 21.9 Å². The van der Waals surface area contributed by atoms with E-state index in [2.05, 4.69) is 10.3 Å². The number of aromatic nitrogens is 2. The first kappa shape index (κ1) is 29.0. The molecule has 0 radical (unpaired) electrons. The van der Waals surface area contributed by atoms with Crippen LogP contribution in [0.15, 0.2) is 59.5 Å². The van der Waals surface area contributed by atoms with E-state index < -0.39 is 46.3 Å². The van der Waals surface area contributed by atoms with Crippen molar-refractivity contribution in [3.05, 3.63) is 110 Å². The predicted molar refractivity (Wildman–Crippen MR) is 152 cm³/mol. The molecule has 2 fully saturated rings. The third-order valence-electron chi connectivity index (χ3n) is 8.41. The molecule has 0 unspecified atom stereocenters. The second kappa shape index (κ2) is 10.6. The van der Waals surface area contributed by atoms with Crippen molar-refractivity contribution in [2.75, 3.05) is 5.32 Å². The smallest absolute Gasteiger partial charge is 0.274 e. The van der Waals surface area contributed by atoms with Crippen molar-refractivity contribution in [3.8, 4) is 16.9 Å². The highest BCUT2D eigenvalue weighted by molar-refractivity contribution is 6.31. The van der Waals surface area contributed by atoms with Crippen molar-refractivity contribution in [1.82, 2.24) is 9.55 Å². The topological polar surface area (TPSA) is 64.0 Å². The minimum Gasteiger partial charge on any atom is -0.323 e. The molecule has 0 saturated heterocycles. The zero-order valence-corrected chi connectivity index (χ0v) is 23.8. The summed E-state index contributed by atoms with van der Waals surface area (Å²) in [6.07, 6.45) is -0.929. The van der Waals surface area contributed by atoms with Gasteiger partial charge in [0.15, 0.2) is 11.6 Å². The highest BCUT2D eigenvalue weighted by atomic mass is 35.5. The molecule has 0 spiro atoms. The van der Waals surface area contributed by atoms with E-state index in [4.69, 9.17) is 11.6 Å². The van der Waals surface area contributed by atoms with Gasteiger partial charge >= 0.3 is 0 Å². The van der Waals surface area contributed by atoms with Gasteiger partial charge in [0.25, 0.3) is 12.0 Å². The lowest BCUT2D eigenvalue weighted by Gasteiger charge is -2.19. The Morgan fingerprint density at radius 1 is 1.05 bits per heavy atom. The van der Waals surface area contributed by atoms with E-state index in [0.717, 1.165) is 10.1 Å². The number of nitrogens with one attached hydrogen (secondary N) is 1. The van der Waals surface area contributed by atoms with Crippen LogP contribution in [0.1, 0.15) is 53.5 Å². The molecule has 2 aliphatic carbocycles. The molecule has 2 aromatic carbocycles. The molecule has 11 heteroatoms. The minimum absolute atomic E-state index is 0.0155. The van der Waals surface area contributed by atoms with E-state index in [1.165, 1.54) is 36.5 Å². The van der Waals surface area contributed by atoms with Crippen LogP contribution in [-0.2, 0) is 4.79 Å². The molecule has 43 heavy (non-hydrogen) atoms. The fourth-order valence-corrected chi connectivity index (χ4v) is 5.94. The number of amides is 1. The SMILES string of the molecule is Cc1cnc(-c2cccc(NC(=O)C3(C(F)F)CC3)c2F)c(F)c1-n1c(C)cc([C@H]2C[C@@H]2c2ccc(F)cc2)c(Cl)c1=O. The maximum absolute atomic E-state index is 16.2. The van der Waals surface area contributed by atoms with Gasteiger partial charge in [-0.1, -0.05) is 29.8 Å². The van der Waals surface area contributed by atoms with E-state index in [9.17, 15) is 22.8 Å². The first-order chi connectivity index (χ1) is 20.4. The lowest BCUT2D eigenvalue weighted by molar-refractivity contribution is -0.126. The molecular weight excluding hydrogens is 589 g/mol. The van der Waals surface area contributed by atoms with Crippen LogP contribution in [0.2, 0.25) is 5.02 Å². The Bertz CT molecular complexity index is 1840. The largest absolute Gasteiger partial charge is 0.323 e. The van der Waals surface area contributed by atoms with Crippen molar-refractivity contribution in [2.24, 2.45) is 5.41 Å². The molecule has 2 heterocycles. The monoisotopic (exact) mass is 613 g/mol. The van der Waals surface area contributed by atoms with E-state index in [1.54, 1.807) is 32.0 Å². The number of hydrogen-bond acceptors (Lipinski definition) is 3. The molecule has 1 N–H and O–H groups in total. The number of aryl methyl sites for hydroxylation is 2. The molecule has 2 aromatic heterocycles. The highest BCUT2D eigenvalue weighted by Gasteiger charge is 2.57. The highest BCUT2D eigenvalue weighted by Crippen LogP contribution is 2.56. The Kier molecular flexibility index (Phi) is 7.15. The maximum atomic E-state index is 16.2. The number of hydrogen-bond donors (Lipinski definition) is 1. The molecule has 2 atom stereocenters. The number of halogens is 6. The molecule has 1 amide bonds.